The summed E-state index contributed by atoms with van der Waals surface area (Å²) in [5.41, 5.74) is 0.589. The molecule has 1 saturated carbocycles. The molecule has 0 radical (unpaired) electrons. The van der Waals surface area contributed by atoms with Crippen LogP contribution in [0.5, 0.6) is 0 Å². The summed E-state index contributed by atoms with van der Waals surface area (Å²) in [6, 6.07) is 6.41. The highest BCUT2D eigenvalue weighted by molar-refractivity contribution is 5.83. The van der Waals surface area contributed by atoms with Gasteiger partial charge in [-0.05, 0) is 42.5 Å². The second kappa shape index (κ2) is 7.27. The Hall–Kier alpha value is -2.34. The quantitative estimate of drug-likeness (QED) is 0.845. The van der Waals surface area contributed by atoms with Gasteiger partial charge in [-0.25, -0.2) is 8.78 Å². The second-order valence-corrected chi connectivity index (χ2v) is 6.34. The minimum absolute atomic E-state index is 0.105. The summed E-state index contributed by atoms with van der Waals surface area (Å²) in [4.78, 5) is 16.5. The van der Waals surface area contributed by atoms with Gasteiger partial charge in [0.1, 0.15) is 17.7 Å². The van der Waals surface area contributed by atoms with E-state index in [0.29, 0.717) is 12.8 Å². The molecule has 132 valence electrons. The number of hydrogen-bond donors (Lipinski definition) is 2. The van der Waals surface area contributed by atoms with Crippen LogP contribution in [0.3, 0.4) is 0 Å². The predicted octanol–water partition coefficient (Wildman–Crippen LogP) is 3.09. The third kappa shape index (κ3) is 3.69. The molecule has 4 nitrogen and oxygen atoms in total. The molecule has 1 amide bonds. The van der Waals surface area contributed by atoms with Crippen molar-refractivity contribution in [2.45, 2.75) is 37.8 Å². The van der Waals surface area contributed by atoms with Crippen LogP contribution in [0.15, 0.2) is 42.7 Å². The van der Waals surface area contributed by atoms with Crippen molar-refractivity contribution in [2.75, 3.05) is 0 Å². The summed E-state index contributed by atoms with van der Waals surface area (Å²) in [5, 5.41) is 13.1. The molecule has 3 rings (SSSR count). The van der Waals surface area contributed by atoms with Crippen molar-refractivity contribution in [1.82, 2.24) is 10.3 Å². The molecule has 0 unspecified atom stereocenters. The van der Waals surface area contributed by atoms with Crippen LogP contribution in [-0.2, 0) is 4.79 Å². The number of pyridine rings is 1. The lowest BCUT2D eigenvalue weighted by molar-refractivity contribution is -0.124. The van der Waals surface area contributed by atoms with E-state index in [1.807, 2.05) is 12.1 Å². The molecule has 0 spiro atoms. The Kier molecular flexibility index (Phi) is 5.08. The smallest absolute Gasteiger partial charge is 0.224 e. The highest BCUT2D eigenvalue weighted by Gasteiger charge is 2.45. The molecular formula is C19H20F2N2O2. The van der Waals surface area contributed by atoms with Crippen LogP contribution in [0, 0.1) is 17.6 Å². The lowest BCUT2D eigenvalue weighted by atomic mass is 9.98. The molecular weight excluding hydrogens is 326 g/mol. The van der Waals surface area contributed by atoms with Crippen LogP contribution in [-0.4, -0.2) is 22.0 Å². The maximum atomic E-state index is 13.9. The third-order valence-electron chi connectivity index (χ3n) is 4.68. The zero-order valence-electron chi connectivity index (χ0n) is 13.8. The third-order valence-corrected chi connectivity index (χ3v) is 4.68. The highest BCUT2D eigenvalue weighted by Crippen LogP contribution is 2.47. The minimum Gasteiger partial charge on any atom is -0.386 e. The second-order valence-electron chi connectivity index (χ2n) is 6.34. The number of amides is 1. The molecule has 25 heavy (non-hydrogen) atoms. The van der Waals surface area contributed by atoms with Crippen molar-refractivity contribution in [3.63, 3.8) is 0 Å². The summed E-state index contributed by atoms with van der Waals surface area (Å²) >= 11 is 0. The Morgan fingerprint density at radius 2 is 2.04 bits per heavy atom. The molecule has 0 saturated heterocycles. The fourth-order valence-electron chi connectivity index (χ4n) is 3.14. The van der Waals surface area contributed by atoms with Crippen molar-refractivity contribution in [1.29, 1.82) is 0 Å². The lowest BCUT2D eigenvalue weighted by Gasteiger charge is -2.24. The van der Waals surface area contributed by atoms with E-state index < -0.39 is 29.3 Å². The van der Waals surface area contributed by atoms with Gasteiger partial charge >= 0.3 is 0 Å². The number of rotatable bonds is 6. The molecule has 0 bridgehead atoms. The van der Waals surface area contributed by atoms with Crippen molar-refractivity contribution in [2.24, 2.45) is 5.92 Å². The van der Waals surface area contributed by atoms with Crippen LogP contribution in [0.2, 0.25) is 0 Å². The van der Waals surface area contributed by atoms with Crippen LogP contribution >= 0.6 is 0 Å². The molecule has 2 N–H and O–H groups in total. The van der Waals surface area contributed by atoms with E-state index in [1.165, 1.54) is 6.07 Å². The van der Waals surface area contributed by atoms with E-state index in [0.717, 1.165) is 17.7 Å². The summed E-state index contributed by atoms with van der Waals surface area (Å²) in [6.07, 6.45) is 3.03. The van der Waals surface area contributed by atoms with Gasteiger partial charge in [-0.2, -0.15) is 0 Å². The number of carbonyl (C=O) groups excluding carboxylic acids is 1. The summed E-state index contributed by atoms with van der Waals surface area (Å²) in [7, 11) is 0. The van der Waals surface area contributed by atoms with Gasteiger partial charge < -0.3 is 10.4 Å². The number of nitrogens with one attached hydrogen (secondary N) is 1. The first kappa shape index (κ1) is 17.5. The molecule has 4 atom stereocenters. The molecule has 6 heteroatoms. The van der Waals surface area contributed by atoms with E-state index in [4.69, 9.17) is 0 Å². The average molecular weight is 346 g/mol. The first-order valence-electron chi connectivity index (χ1n) is 8.35. The molecule has 1 aromatic heterocycles. The van der Waals surface area contributed by atoms with Gasteiger partial charge in [0.25, 0.3) is 0 Å². The normalized spacial score (nSPS) is 21.4. The number of aliphatic hydroxyl groups excluding tert-OH is 1. The van der Waals surface area contributed by atoms with E-state index >= 15 is 0 Å². The first-order valence-corrected chi connectivity index (χ1v) is 8.35. The zero-order chi connectivity index (χ0) is 18.0. The number of halogens is 2. The number of hydrogen-bond acceptors (Lipinski definition) is 3. The van der Waals surface area contributed by atoms with E-state index in [1.54, 1.807) is 19.3 Å². The minimum atomic E-state index is -1.44. The topological polar surface area (TPSA) is 62.2 Å². The van der Waals surface area contributed by atoms with Crippen molar-refractivity contribution >= 4 is 5.91 Å². The Morgan fingerprint density at radius 3 is 2.64 bits per heavy atom. The van der Waals surface area contributed by atoms with Crippen LogP contribution in [0.25, 0.3) is 0 Å². The van der Waals surface area contributed by atoms with Crippen molar-refractivity contribution in [3.8, 4) is 0 Å². The van der Waals surface area contributed by atoms with Crippen molar-refractivity contribution < 1.29 is 18.7 Å². The summed E-state index contributed by atoms with van der Waals surface area (Å²) in [6.45, 7) is 1.75. The SMILES string of the molecule is CC[C@@H](NC(=O)[C@@H]1C[C@H]1c1cccnc1)[C@@H](O)c1c(F)cccc1F. The maximum absolute atomic E-state index is 13.9. The molecule has 2 aromatic rings. The Balaban J connectivity index is 1.67. The van der Waals surface area contributed by atoms with Gasteiger partial charge in [-0.1, -0.05) is 19.1 Å². The number of aliphatic hydroxyl groups is 1. The largest absolute Gasteiger partial charge is 0.386 e. The van der Waals surface area contributed by atoms with Gasteiger partial charge in [0.15, 0.2) is 0 Å². The van der Waals surface area contributed by atoms with E-state index in [2.05, 4.69) is 10.3 Å². The Morgan fingerprint density at radius 1 is 1.32 bits per heavy atom. The number of aromatic nitrogens is 1. The molecule has 1 fully saturated rings. The monoisotopic (exact) mass is 346 g/mol. The van der Waals surface area contributed by atoms with E-state index in [9.17, 15) is 18.7 Å². The highest BCUT2D eigenvalue weighted by atomic mass is 19.1. The van der Waals surface area contributed by atoms with Gasteiger partial charge in [0, 0.05) is 18.3 Å². The number of nitrogens with zero attached hydrogens (tertiary/aromatic N) is 1. The number of benzene rings is 1. The first-order chi connectivity index (χ1) is 12.0. The van der Waals surface area contributed by atoms with Crippen molar-refractivity contribution in [3.05, 3.63) is 65.5 Å². The Bertz CT molecular complexity index is 734. The van der Waals surface area contributed by atoms with E-state index in [-0.39, 0.29) is 17.7 Å². The van der Waals surface area contributed by atoms with Crippen LogP contribution in [0.1, 0.15) is 42.9 Å². The summed E-state index contributed by atoms with van der Waals surface area (Å²) < 4.78 is 27.7. The summed E-state index contributed by atoms with van der Waals surface area (Å²) in [5.74, 6) is -1.94. The van der Waals surface area contributed by atoms with Gasteiger partial charge in [0.2, 0.25) is 5.91 Å². The van der Waals surface area contributed by atoms with Crippen LogP contribution < -0.4 is 5.32 Å². The zero-order valence-corrected chi connectivity index (χ0v) is 13.8. The molecule has 1 aliphatic rings. The molecule has 0 aliphatic heterocycles. The van der Waals surface area contributed by atoms with Gasteiger partial charge in [-0.3, -0.25) is 9.78 Å². The van der Waals surface area contributed by atoms with Gasteiger partial charge in [0.05, 0.1) is 11.6 Å². The average Bonchev–Trinajstić information content (AvgIpc) is 3.41. The molecule has 1 heterocycles. The lowest BCUT2D eigenvalue weighted by Crippen LogP contribution is -2.40. The standard InChI is InChI=1S/C19H20F2N2O2/c1-2-16(18(24)17-14(20)6-3-7-15(17)21)23-19(25)13-9-12(13)11-5-4-8-22-10-11/h3-8,10,12-13,16,18,24H,2,9H2,1H3,(H,23,25)/t12-,13+,16+,18+/m0/s1. The fourth-order valence-corrected chi connectivity index (χ4v) is 3.14. The Labute approximate surface area is 144 Å². The van der Waals surface area contributed by atoms with Crippen LogP contribution in [0.4, 0.5) is 8.78 Å². The maximum Gasteiger partial charge on any atom is 0.224 e. The molecule has 1 aromatic carbocycles. The fraction of sp³-hybridized carbons (Fsp3) is 0.368. The molecule has 1 aliphatic carbocycles. The predicted molar refractivity (Wildman–Crippen MR) is 88.6 cm³/mol. The van der Waals surface area contributed by atoms with Gasteiger partial charge in [-0.15, -0.1) is 0 Å². The number of carbonyl (C=O) groups is 1.